The molecule has 2 atom stereocenters. The predicted molar refractivity (Wildman–Crippen MR) is 142 cm³/mol. The first-order valence-corrected chi connectivity index (χ1v) is 12.0. The van der Waals surface area contributed by atoms with Crippen LogP contribution in [0, 0.1) is 11.3 Å². The zero-order chi connectivity index (χ0) is 24.7. The number of hydrogen-bond donors (Lipinski definition) is 2. The van der Waals surface area contributed by atoms with Gasteiger partial charge in [-0.1, -0.05) is 50.8 Å². The molecule has 34 heavy (non-hydrogen) atoms. The van der Waals surface area contributed by atoms with Crippen LogP contribution in [-0.4, -0.2) is 78.3 Å². The first-order valence-electron chi connectivity index (χ1n) is 12.0. The summed E-state index contributed by atoms with van der Waals surface area (Å²) in [7, 11) is 0. The standard InChI is InChI=1S/C27H38N6O/c1-20(2)22-9-10-27(5,31-26(34)23-8-6-7-12-29-19-23)24(18-22)32-14-16-33(17-15-32)25(21(3)4)30-13-11-28/h6,8-12,18-20,24,28H,3,7,13-17H2,1-2,4-5H3,(H,31,34). The Morgan fingerprint density at radius 2 is 2.09 bits per heavy atom. The van der Waals surface area contributed by atoms with Crippen molar-refractivity contribution in [2.45, 2.75) is 45.7 Å². The van der Waals surface area contributed by atoms with Crippen molar-refractivity contribution in [3.05, 3.63) is 59.9 Å². The summed E-state index contributed by atoms with van der Waals surface area (Å²) in [6.45, 7) is 16.2. The molecule has 7 heteroatoms. The molecule has 0 aromatic rings. The van der Waals surface area contributed by atoms with Crippen LogP contribution in [0.4, 0.5) is 0 Å². The summed E-state index contributed by atoms with van der Waals surface area (Å²) in [5, 5.41) is 10.6. The zero-order valence-electron chi connectivity index (χ0n) is 20.9. The van der Waals surface area contributed by atoms with E-state index in [1.165, 1.54) is 11.8 Å². The molecule has 2 aliphatic heterocycles. The first-order chi connectivity index (χ1) is 16.2. The number of allylic oxidation sites excluding steroid dienone is 3. The number of amides is 1. The fraction of sp³-hybridized carbons (Fsp3) is 0.481. The summed E-state index contributed by atoms with van der Waals surface area (Å²) in [4.78, 5) is 26.6. The quantitative estimate of drug-likeness (QED) is 0.448. The number of amidine groups is 1. The van der Waals surface area contributed by atoms with Crippen LogP contribution in [0.1, 0.15) is 34.1 Å². The molecule has 0 saturated carbocycles. The Kier molecular flexibility index (Phi) is 8.56. The molecule has 1 aliphatic carbocycles. The molecule has 3 rings (SSSR count). The third kappa shape index (κ3) is 6.08. The van der Waals surface area contributed by atoms with E-state index in [4.69, 9.17) is 5.41 Å². The predicted octanol–water partition coefficient (Wildman–Crippen LogP) is 3.54. The fourth-order valence-electron chi connectivity index (χ4n) is 4.56. The largest absolute Gasteiger partial charge is 0.354 e. The highest BCUT2D eigenvalue weighted by Crippen LogP contribution is 2.30. The van der Waals surface area contributed by atoms with E-state index >= 15 is 0 Å². The van der Waals surface area contributed by atoms with Crippen LogP contribution in [-0.2, 0) is 4.79 Å². The number of nitrogens with one attached hydrogen (secondary N) is 2. The molecule has 2 heterocycles. The van der Waals surface area contributed by atoms with E-state index < -0.39 is 5.54 Å². The van der Waals surface area contributed by atoms with Gasteiger partial charge in [-0.3, -0.25) is 19.7 Å². The zero-order valence-corrected chi connectivity index (χ0v) is 20.9. The Labute approximate surface area is 203 Å². The van der Waals surface area contributed by atoms with Crippen molar-refractivity contribution in [2.24, 2.45) is 15.9 Å². The highest BCUT2D eigenvalue weighted by molar-refractivity contribution is 5.98. The Morgan fingerprint density at radius 3 is 2.74 bits per heavy atom. The first kappa shape index (κ1) is 25.6. The van der Waals surface area contributed by atoms with Crippen molar-refractivity contribution < 1.29 is 4.79 Å². The second kappa shape index (κ2) is 11.4. The van der Waals surface area contributed by atoms with Gasteiger partial charge in [0.25, 0.3) is 5.91 Å². The summed E-state index contributed by atoms with van der Waals surface area (Å²) < 4.78 is 0. The van der Waals surface area contributed by atoms with E-state index in [1.54, 1.807) is 12.4 Å². The van der Waals surface area contributed by atoms with Crippen molar-refractivity contribution in [3.8, 4) is 0 Å². The average Bonchev–Trinajstić information content (AvgIpc) is 3.09. The minimum atomic E-state index is -0.548. The molecule has 2 N–H and O–H groups in total. The van der Waals surface area contributed by atoms with Crippen molar-refractivity contribution in [2.75, 3.05) is 32.7 Å². The molecule has 3 aliphatic rings. The van der Waals surface area contributed by atoms with Crippen molar-refractivity contribution in [1.29, 1.82) is 5.41 Å². The number of aliphatic imine (C=N–C) groups is 2. The van der Waals surface area contributed by atoms with Crippen LogP contribution in [0.2, 0.25) is 0 Å². The molecule has 7 nitrogen and oxygen atoms in total. The van der Waals surface area contributed by atoms with Gasteiger partial charge in [0.2, 0.25) is 0 Å². The number of hydrogen-bond acceptors (Lipinski definition) is 5. The lowest BCUT2D eigenvalue weighted by atomic mass is 9.81. The molecule has 1 amide bonds. The third-order valence-electron chi connectivity index (χ3n) is 6.48. The normalized spacial score (nSPS) is 25.6. The minimum Gasteiger partial charge on any atom is -0.354 e. The van der Waals surface area contributed by atoms with Gasteiger partial charge in [-0.25, -0.2) is 0 Å². The molecule has 1 fully saturated rings. The lowest BCUT2D eigenvalue weighted by Gasteiger charge is -2.47. The van der Waals surface area contributed by atoms with Crippen molar-refractivity contribution in [1.82, 2.24) is 15.1 Å². The molecule has 0 aromatic carbocycles. The molecule has 2 unspecified atom stereocenters. The summed E-state index contributed by atoms with van der Waals surface area (Å²) in [5.74, 6) is 1.18. The van der Waals surface area contributed by atoms with Gasteiger partial charge in [0.1, 0.15) is 5.84 Å². The average molecular weight is 463 g/mol. The summed E-state index contributed by atoms with van der Waals surface area (Å²) in [6, 6.07) is 0.0339. The maximum Gasteiger partial charge on any atom is 0.253 e. The molecule has 182 valence electrons. The van der Waals surface area contributed by atoms with E-state index in [9.17, 15) is 4.79 Å². The van der Waals surface area contributed by atoms with Gasteiger partial charge in [-0.15, -0.1) is 0 Å². The highest BCUT2D eigenvalue weighted by atomic mass is 16.1. The van der Waals surface area contributed by atoms with Gasteiger partial charge >= 0.3 is 0 Å². The van der Waals surface area contributed by atoms with Gasteiger partial charge in [-0.05, 0) is 30.9 Å². The summed E-state index contributed by atoms with van der Waals surface area (Å²) in [5.41, 5.74) is 2.22. The molecule has 0 aromatic heterocycles. The van der Waals surface area contributed by atoms with Crippen molar-refractivity contribution >= 4 is 24.2 Å². The second-order valence-electron chi connectivity index (χ2n) is 9.56. The summed E-state index contributed by atoms with van der Waals surface area (Å²) in [6.07, 6.45) is 15.9. The third-order valence-corrected chi connectivity index (χ3v) is 6.48. The Bertz CT molecular complexity index is 975. The van der Waals surface area contributed by atoms with Crippen LogP contribution in [0.5, 0.6) is 0 Å². The van der Waals surface area contributed by atoms with E-state index in [-0.39, 0.29) is 11.9 Å². The highest BCUT2D eigenvalue weighted by Gasteiger charge is 2.40. The van der Waals surface area contributed by atoms with E-state index in [0.717, 1.165) is 44.0 Å². The van der Waals surface area contributed by atoms with E-state index in [0.29, 0.717) is 18.0 Å². The van der Waals surface area contributed by atoms with Gasteiger partial charge in [-0.2, -0.15) is 0 Å². The molecule has 0 bridgehead atoms. The number of rotatable bonds is 7. The fourth-order valence-corrected chi connectivity index (χ4v) is 4.56. The Balaban J connectivity index is 1.80. The lowest BCUT2D eigenvalue weighted by molar-refractivity contribution is -0.119. The molecular weight excluding hydrogens is 424 g/mol. The number of nitrogens with zero attached hydrogens (tertiary/aromatic N) is 4. The maximum atomic E-state index is 13.2. The van der Waals surface area contributed by atoms with Gasteiger partial charge < -0.3 is 15.6 Å². The monoisotopic (exact) mass is 462 g/mol. The summed E-state index contributed by atoms with van der Waals surface area (Å²) >= 11 is 0. The molecule has 0 radical (unpaired) electrons. The molecule has 1 saturated heterocycles. The van der Waals surface area contributed by atoms with Crippen molar-refractivity contribution in [3.63, 3.8) is 0 Å². The van der Waals surface area contributed by atoms with Crippen LogP contribution >= 0.6 is 0 Å². The van der Waals surface area contributed by atoms with Crippen LogP contribution in [0.3, 0.4) is 0 Å². The van der Waals surface area contributed by atoms with E-state index in [2.05, 4.69) is 70.7 Å². The van der Waals surface area contributed by atoms with Crippen LogP contribution < -0.4 is 5.32 Å². The SMILES string of the molecule is C=C(C)C(=NCC=N)N1CCN(C2C=C(C(C)C)C=CC2(C)NC(=O)C2=CN=CCC=C2)CC1. The minimum absolute atomic E-state index is 0.0339. The molecule has 0 spiro atoms. The molecular formula is C27H38N6O. The topological polar surface area (TPSA) is 84.2 Å². The van der Waals surface area contributed by atoms with Gasteiger partial charge in [0, 0.05) is 51.2 Å². The van der Waals surface area contributed by atoms with Crippen LogP contribution in [0.25, 0.3) is 0 Å². The van der Waals surface area contributed by atoms with Gasteiger partial charge in [0.05, 0.1) is 23.7 Å². The smallest absolute Gasteiger partial charge is 0.253 e. The maximum absolute atomic E-state index is 13.2. The van der Waals surface area contributed by atoms with Gasteiger partial charge in [0.15, 0.2) is 0 Å². The Hall–Kier alpha value is -3.06. The second-order valence-corrected chi connectivity index (χ2v) is 9.56. The van der Waals surface area contributed by atoms with E-state index in [1.807, 2.05) is 19.1 Å². The number of carbonyl (C=O) groups is 1. The lowest BCUT2D eigenvalue weighted by Crippen LogP contribution is -2.63. The number of carbonyl (C=O) groups excluding carboxylic acids is 1. The Morgan fingerprint density at radius 1 is 1.35 bits per heavy atom. The van der Waals surface area contributed by atoms with Crippen LogP contribution in [0.15, 0.2) is 69.9 Å². The number of piperazine rings is 1.